The van der Waals surface area contributed by atoms with Crippen molar-refractivity contribution in [3.05, 3.63) is 42.1 Å². The van der Waals surface area contributed by atoms with Crippen LogP contribution in [0, 0.1) is 0 Å². The Balaban J connectivity index is 1.55. The zero-order valence-corrected chi connectivity index (χ0v) is 14.9. The molecule has 7 heteroatoms. The van der Waals surface area contributed by atoms with Crippen molar-refractivity contribution in [1.82, 2.24) is 15.8 Å². The van der Waals surface area contributed by atoms with Crippen LogP contribution in [0.3, 0.4) is 0 Å². The first-order chi connectivity index (χ1) is 12.7. The van der Waals surface area contributed by atoms with Gasteiger partial charge in [-0.25, -0.2) is 4.79 Å². The second-order valence-corrected chi connectivity index (χ2v) is 6.43. The summed E-state index contributed by atoms with van der Waals surface area (Å²) < 4.78 is 11.4. The number of nitrogens with zero attached hydrogens (tertiary/aromatic N) is 1. The average molecular weight is 359 g/mol. The molecule has 1 fully saturated rings. The number of hydrogen-bond acceptors (Lipinski definition) is 5. The fourth-order valence-electron chi connectivity index (χ4n) is 3.08. The van der Waals surface area contributed by atoms with Crippen LogP contribution >= 0.6 is 0 Å². The predicted molar refractivity (Wildman–Crippen MR) is 96.6 cm³/mol. The van der Waals surface area contributed by atoms with Gasteiger partial charge in [-0.15, -0.1) is 0 Å². The molecule has 1 aliphatic heterocycles. The Morgan fingerprint density at radius 2 is 2.08 bits per heavy atom. The number of amides is 2. The zero-order valence-electron chi connectivity index (χ0n) is 14.9. The second kappa shape index (κ2) is 8.82. The maximum absolute atomic E-state index is 11.5. The smallest absolute Gasteiger partial charge is 0.314 e. The van der Waals surface area contributed by atoms with E-state index in [1.54, 1.807) is 0 Å². The Kier molecular flexibility index (Phi) is 6.25. The van der Waals surface area contributed by atoms with Crippen LogP contribution in [0.15, 0.2) is 40.9 Å². The molecular formula is C19H25N3O4. The molecule has 0 unspecified atom stereocenters. The molecule has 2 amide bonds. The molecule has 3 atom stereocenters. The van der Waals surface area contributed by atoms with Crippen molar-refractivity contribution < 1.29 is 19.2 Å². The standard InChI is InChI=1S/C19H25N3O4/c1-2-20-19(24)21-12-18-16(23)9-8-15(25-18)10-14-11-17(26-22-14)13-6-4-3-5-7-13/h3-7,11,15-16,18,23H,2,8-10,12H2,1H3,(H2,20,21,24)/t15-,16-,18+/m0/s1. The first kappa shape index (κ1) is 18.4. The SMILES string of the molecule is CCNC(=O)NC[C@H]1O[C@H](Cc2cc(-c3ccccc3)on2)CC[C@@H]1O. The molecule has 140 valence electrons. The highest BCUT2D eigenvalue weighted by molar-refractivity contribution is 5.73. The van der Waals surface area contributed by atoms with Gasteiger partial charge in [-0.1, -0.05) is 35.5 Å². The number of rotatable bonds is 6. The van der Waals surface area contributed by atoms with E-state index in [1.807, 2.05) is 43.3 Å². The number of benzene rings is 1. The molecule has 0 spiro atoms. The highest BCUT2D eigenvalue weighted by Gasteiger charge is 2.30. The first-order valence-corrected chi connectivity index (χ1v) is 9.02. The average Bonchev–Trinajstić information content (AvgIpc) is 3.12. The van der Waals surface area contributed by atoms with Gasteiger partial charge in [0.2, 0.25) is 0 Å². The van der Waals surface area contributed by atoms with Gasteiger partial charge in [0.15, 0.2) is 5.76 Å². The van der Waals surface area contributed by atoms with Gasteiger partial charge in [0.1, 0.15) is 6.10 Å². The number of nitrogens with one attached hydrogen (secondary N) is 2. The lowest BCUT2D eigenvalue weighted by molar-refractivity contribution is -0.113. The summed E-state index contributed by atoms with van der Waals surface area (Å²) >= 11 is 0. The number of carbonyl (C=O) groups is 1. The number of aromatic nitrogens is 1. The second-order valence-electron chi connectivity index (χ2n) is 6.43. The van der Waals surface area contributed by atoms with Crippen LogP contribution in [0.2, 0.25) is 0 Å². The van der Waals surface area contributed by atoms with Crippen LogP contribution in [-0.2, 0) is 11.2 Å². The number of urea groups is 1. The topological polar surface area (TPSA) is 96.6 Å². The van der Waals surface area contributed by atoms with Crippen molar-refractivity contribution in [2.75, 3.05) is 13.1 Å². The minimum atomic E-state index is -0.578. The molecule has 1 aliphatic rings. The fourth-order valence-corrected chi connectivity index (χ4v) is 3.08. The normalized spacial score (nSPS) is 22.8. The van der Waals surface area contributed by atoms with E-state index in [4.69, 9.17) is 9.26 Å². The van der Waals surface area contributed by atoms with Gasteiger partial charge in [0.05, 0.1) is 17.9 Å². The van der Waals surface area contributed by atoms with Crippen molar-refractivity contribution in [2.45, 2.75) is 44.5 Å². The lowest BCUT2D eigenvalue weighted by Gasteiger charge is -2.33. The van der Waals surface area contributed by atoms with Gasteiger partial charge < -0.3 is 25.0 Å². The summed E-state index contributed by atoms with van der Waals surface area (Å²) in [4.78, 5) is 11.5. The third-order valence-electron chi connectivity index (χ3n) is 4.44. The van der Waals surface area contributed by atoms with Crippen molar-refractivity contribution in [2.24, 2.45) is 0 Å². The van der Waals surface area contributed by atoms with E-state index in [0.717, 1.165) is 23.4 Å². The van der Waals surface area contributed by atoms with Gasteiger partial charge in [0.25, 0.3) is 0 Å². The molecule has 2 aromatic rings. The van der Waals surface area contributed by atoms with Crippen LogP contribution in [0.1, 0.15) is 25.5 Å². The molecule has 0 radical (unpaired) electrons. The number of carbonyl (C=O) groups excluding carboxylic acids is 1. The maximum atomic E-state index is 11.5. The van der Waals surface area contributed by atoms with Crippen LogP contribution < -0.4 is 10.6 Å². The predicted octanol–water partition coefficient (Wildman–Crippen LogP) is 2.11. The lowest BCUT2D eigenvalue weighted by Crippen LogP contribution is -2.48. The molecule has 2 heterocycles. The molecule has 1 aromatic carbocycles. The Bertz CT molecular complexity index is 704. The molecule has 1 aromatic heterocycles. The fraction of sp³-hybridized carbons (Fsp3) is 0.474. The van der Waals surface area contributed by atoms with E-state index in [2.05, 4.69) is 15.8 Å². The number of aliphatic hydroxyl groups excluding tert-OH is 1. The Morgan fingerprint density at radius 3 is 2.85 bits per heavy atom. The van der Waals surface area contributed by atoms with Crippen molar-refractivity contribution in [3.63, 3.8) is 0 Å². The summed E-state index contributed by atoms with van der Waals surface area (Å²) in [5.41, 5.74) is 1.80. The van der Waals surface area contributed by atoms with E-state index in [9.17, 15) is 9.90 Å². The van der Waals surface area contributed by atoms with E-state index in [-0.39, 0.29) is 18.7 Å². The molecule has 7 nitrogen and oxygen atoms in total. The molecule has 3 N–H and O–H groups in total. The van der Waals surface area contributed by atoms with E-state index in [0.29, 0.717) is 19.4 Å². The minimum absolute atomic E-state index is 0.0619. The lowest BCUT2D eigenvalue weighted by atomic mass is 9.98. The van der Waals surface area contributed by atoms with Crippen LogP contribution in [0.5, 0.6) is 0 Å². The van der Waals surface area contributed by atoms with Crippen LogP contribution in [0.25, 0.3) is 11.3 Å². The van der Waals surface area contributed by atoms with Crippen LogP contribution in [-0.4, -0.2) is 47.7 Å². The summed E-state index contributed by atoms with van der Waals surface area (Å²) in [7, 11) is 0. The molecule has 3 rings (SSSR count). The van der Waals surface area contributed by atoms with Gasteiger partial charge >= 0.3 is 6.03 Å². The number of hydrogen-bond donors (Lipinski definition) is 3. The molecule has 1 saturated heterocycles. The molecule has 0 bridgehead atoms. The third-order valence-corrected chi connectivity index (χ3v) is 4.44. The minimum Gasteiger partial charge on any atom is -0.390 e. The quantitative estimate of drug-likeness (QED) is 0.734. The van der Waals surface area contributed by atoms with Crippen LogP contribution in [0.4, 0.5) is 4.79 Å². The van der Waals surface area contributed by atoms with E-state index < -0.39 is 12.2 Å². The van der Waals surface area contributed by atoms with Crippen molar-refractivity contribution in [1.29, 1.82) is 0 Å². The molecule has 26 heavy (non-hydrogen) atoms. The van der Waals surface area contributed by atoms with Crippen molar-refractivity contribution in [3.8, 4) is 11.3 Å². The Labute approximate surface area is 152 Å². The monoisotopic (exact) mass is 359 g/mol. The highest BCUT2D eigenvalue weighted by atomic mass is 16.5. The Hall–Kier alpha value is -2.38. The summed E-state index contributed by atoms with van der Waals surface area (Å²) in [5, 5.41) is 19.6. The van der Waals surface area contributed by atoms with E-state index in [1.165, 1.54) is 0 Å². The summed E-state index contributed by atoms with van der Waals surface area (Å²) in [6.45, 7) is 2.68. The maximum Gasteiger partial charge on any atom is 0.314 e. The Morgan fingerprint density at radius 1 is 1.27 bits per heavy atom. The summed E-state index contributed by atoms with van der Waals surface area (Å²) in [6, 6.07) is 11.5. The zero-order chi connectivity index (χ0) is 18.4. The third kappa shape index (κ3) is 4.83. The molecular weight excluding hydrogens is 334 g/mol. The number of ether oxygens (including phenoxy) is 1. The first-order valence-electron chi connectivity index (χ1n) is 9.02. The molecule has 0 aliphatic carbocycles. The largest absolute Gasteiger partial charge is 0.390 e. The van der Waals surface area contributed by atoms with Gasteiger partial charge in [-0.05, 0) is 19.8 Å². The summed E-state index contributed by atoms with van der Waals surface area (Å²) in [5.74, 6) is 0.728. The van der Waals surface area contributed by atoms with Gasteiger partial charge in [-0.3, -0.25) is 0 Å². The highest BCUT2D eigenvalue weighted by Crippen LogP contribution is 2.25. The van der Waals surface area contributed by atoms with Crippen molar-refractivity contribution >= 4 is 6.03 Å². The number of aliphatic hydroxyl groups is 1. The van der Waals surface area contributed by atoms with Gasteiger partial charge in [0, 0.05) is 31.1 Å². The van der Waals surface area contributed by atoms with E-state index >= 15 is 0 Å². The summed E-state index contributed by atoms with van der Waals surface area (Å²) in [6.07, 6.45) is 0.929. The molecule has 0 saturated carbocycles. The van der Waals surface area contributed by atoms with Gasteiger partial charge in [-0.2, -0.15) is 0 Å².